The van der Waals surface area contributed by atoms with Crippen LogP contribution in [0.4, 0.5) is 0 Å². The molecule has 0 aliphatic heterocycles. The smallest absolute Gasteiger partial charge is 0.331 e. The number of aromatic nitrogens is 2. The lowest BCUT2D eigenvalue weighted by Crippen LogP contribution is -2.42. The molecule has 0 aliphatic rings. The average Bonchev–Trinajstić information content (AvgIpc) is 2.70. The van der Waals surface area contributed by atoms with Gasteiger partial charge in [0.05, 0.1) is 16.9 Å². The Hall–Kier alpha value is -2.86. The van der Waals surface area contributed by atoms with Crippen LogP contribution in [0, 0.1) is 0 Å². The van der Waals surface area contributed by atoms with Crippen LogP contribution in [-0.4, -0.2) is 15.0 Å². The maximum Gasteiger partial charge on any atom is 0.331 e. The lowest BCUT2D eigenvalue weighted by atomic mass is 10.0. The van der Waals surface area contributed by atoms with Crippen molar-refractivity contribution in [3.8, 4) is 0 Å². The first kappa shape index (κ1) is 19.9. The Bertz CT molecular complexity index is 1120. The van der Waals surface area contributed by atoms with Crippen LogP contribution in [0.5, 0.6) is 0 Å². The highest BCUT2D eigenvalue weighted by Gasteiger charge is 2.17. The molecule has 0 bridgehead atoms. The summed E-state index contributed by atoms with van der Waals surface area (Å²) < 4.78 is 2.50. The Kier molecular flexibility index (Phi) is 5.99. The van der Waals surface area contributed by atoms with Crippen LogP contribution >= 0.6 is 11.6 Å². The fourth-order valence-corrected chi connectivity index (χ4v) is 3.43. The quantitative estimate of drug-likeness (QED) is 0.692. The summed E-state index contributed by atoms with van der Waals surface area (Å²) in [5.74, 6) is -0.296. The SMILES string of the molecule is CCC(NC(=O)Cn1c(=O)n(CC)c(=O)c2ccccc21)c1ccc(Cl)cc1. The zero-order chi connectivity index (χ0) is 20.3. The number of benzene rings is 2. The van der Waals surface area contributed by atoms with E-state index in [4.69, 9.17) is 11.6 Å². The number of rotatable bonds is 6. The number of fused-ring (bicyclic) bond motifs is 1. The number of nitrogens with zero attached hydrogens (tertiary/aromatic N) is 2. The minimum absolute atomic E-state index is 0.163. The first-order valence-electron chi connectivity index (χ1n) is 9.23. The normalized spacial score (nSPS) is 12.1. The maximum absolute atomic E-state index is 12.8. The van der Waals surface area contributed by atoms with Gasteiger partial charge in [0.1, 0.15) is 6.54 Å². The molecule has 1 heterocycles. The molecule has 7 heteroatoms. The van der Waals surface area contributed by atoms with E-state index in [2.05, 4.69) is 5.32 Å². The molecule has 2 aromatic carbocycles. The Balaban J connectivity index is 1.94. The average molecular weight is 400 g/mol. The van der Waals surface area contributed by atoms with E-state index in [1.165, 1.54) is 4.57 Å². The molecule has 146 valence electrons. The van der Waals surface area contributed by atoms with Crippen LogP contribution in [0.25, 0.3) is 10.9 Å². The fraction of sp³-hybridized carbons (Fsp3) is 0.286. The van der Waals surface area contributed by atoms with Gasteiger partial charge in [-0.1, -0.05) is 42.8 Å². The summed E-state index contributed by atoms with van der Waals surface area (Å²) in [6.07, 6.45) is 0.692. The Morgan fingerprint density at radius 2 is 1.71 bits per heavy atom. The first-order chi connectivity index (χ1) is 13.5. The largest absolute Gasteiger partial charge is 0.348 e. The van der Waals surface area contributed by atoms with Crippen molar-refractivity contribution in [2.45, 2.75) is 39.4 Å². The number of nitrogens with one attached hydrogen (secondary N) is 1. The van der Waals surface area contributed by atoms with E-state index in [-0.39, 0.29) is 30.6 Å². The topological polar surface area (TPSA) is 73.1 Å². The predicted molar refractivity (Wildman–Crippen MR) is 111 cm³/mol. The van der Waals surface area contributed by atoms with Crippen LogP contribution in [0.15, 0.2) is 58.1 Å². The lowest BCUT2D eigenvalue weighted by Gasteiger charge is -2.19. The van der Waals surface area contributed by atoms with Crippen molar-refractivity contribution < 1.29 is 4.79 Å². The zero-order valence-corrected chi connectivity index (χ0v) is 16.6. The van der Waals surface area contributed by atoms with Gasteiger partial charge in [-0.3, -0.25) is 18.7 Å². The van der Waals surface area contributed by atoms with Crippen LogP contribution < -0.4 is 16.6 Å². The van der Waals surface area contributed by atoms with E-state index >= 15 is 0 Å². The molecule has 0 saturated heterocycles. The van der Waals surface area contributed by atoms with Crippen LogP contribution in [-0.2, 0) is 17.9 Å². The van der Waals surface area contributed by atoms with E-state index in [1.807, 2.05) is 19.1 Å². The number of halogens is 1. The van der Waals surface area contributed by atoms with Crippen LogP contribution in [0.3, 0.4) is 0 Å². The minimum Gasteiger partial charge on any atom is -0.348 e. The molecule has 3 aromatic rings. The van der Waals surface area contributed by atoms with Gasteiger partial charge in [0.2, 0.25) is 5.91 Å². The van der Waals surface area contributed by atoms with Crippen LogP contribution in [0.1, 0.15) is 31.9 Å². The first-order valence-corrected chi connectivity index (χ1v) is 9.61. The van der Waals surface area contributed by atoms with Crippen molar-refractivity contribution in [2.75, 3.05) is 0 Å². The summed E-state index contributed by atoms with van der Waals surface area (Å²) in [6, 6.07) is 13.9. The van der Waals surface area contributed by atoms with Gasteiger partial charge in [-0.25, -0.2) is 4.79 Å². The molecule has 0 aliphatic carbocycles. The number of para-hydroxylation sites is 1. The Labute approximate surface area is 167 Å². The van der Waals surface area contributed by atoms with Crippen molar-refractivity contribution in [1.82, 2.24) is 14.5 Å². The van der Waals surface area contributed by atoms with E-state index < -0.39 is 5.69 Å². The lowest BCUT2D eigenvalue weighted by molar-refractivity contribution is -0.122. The van der Waals surface area contributed by atoms with Gasteiger partial charge in [-0.2, -0.15) is 0 Å². The van der Waals surface area contributed by atoms with Gasteiger partial charge in [-0.15, -0.1) is 0 Å². The second kappa shape index (κ2) is 8.44. The molecule has 0 fully saturated rings. The van der Waals surface area contributed by atoms with Gasteiger partial charge >= 0.3 is 5.69 Å². The summed E-state index contributed by atoms with van der Waals surface area (Å²) in [7, 11) is 0. The monoisotopic (exact) mass is 399 g/mol. The van der Waals surface area contributed by atoms with E-state index in [1.54, 1.807) is 43.3 Å². The van der Waals surface area contributed by atoms with Gasteiger partial charge in [0.25, 0.3) is 5.56 Å². The minimum atomic E-state index is -0.485. The molecule has 0 radical (unpaired) electrons. The molecule has 28 heavy (non-hydrogen) atoms. The molecule has 1 atom stereocenters. The fourth-order valence-electron chi connectivity index (χ4n) is 3.30. The molecule has 1 N–H and O–H groups in total. The summed E-state index contributed by atoms with van der Waals surface area (Å²) in [4.78, 5) is 38.0. The van der Waals surface area contributed by atoms with Gasteiger partial charge in [0, 0.05) is 11.6 Å². The molecule has 0 spiro atoms. The van der Waals surface area contributed by atoms with E-state index in [0.717, 1.165) is 10.1 Å². The highest BCUT2D eigenvalue weighted by Crippen LogP contribution is 2.19. The number of carbonyl (C=O) groups is 1. The van der Waals surface area contributed by atoms with E-state index in [0.29, 0.717) is 22.3 Å². The highest BCUT2D eigenvalue weighted by molar-refractivity contribution is 6.30. The number of amides is 1. The van der Waals surface area contributed by atoms with Crippen molar-refractivity contribution in [2.24, 2.45) is 0 Å². The third kappa shape index (κ3) is 3.87. The summed E-state index contributed by atoms with van der Waals surface area (Å²) in [5.41, 5.74) is 0.570. The van der Waals surface area contributed by atoms with Gasteiger partial charge < -0.3 is 5.32 Å². The molecule has 0 saturated carbocycles. The summed E-state index contributed by atoms with van der Waals surface area (Å²) in [5, 5.41) is 4.01. The van der Waals surface area contributed by atoms with Crippen molar-refractivity contribution in [1.29, 1.82) is 0 Å². The summed E-state index contributed by atoms with van der Waals surface area (Å²) >= 11 is 5.93. The molecule has 1 aromatic heterocycles. The number of hydrogen-bond acceptors (Lipinski definition) is 3. The van der Waals surface area contributed by atoms with Crippen LogP contribution in [0.2, 0.25) is 5.02 Å². The third-order valence-corrected chi connectivity index (χ3v) is 5.02. The second-order valence-corrected chi connectivity index (χ2v) is 6.95. The van der Waals surface area contributed by atoms with Crippen molar-refractivity contribution >= 4 is 28.4 Å². The highest BCUT2D eigenvalue weighted by atomic mass is 35.5. The Morgan fingerprint density at radius 1 is 1.04 bits per heavy atom. The third-order valence-electron chi connectivity index (χ3n) is 4.77. The van der Waals surface area contributed by atoms with Crippen molar-refractivity contribution in [3.05, 3.63) is 80.0 Å². The maximum atomic E-state index is 12.8. The molecule has 6 nitrogen and oxygen atoms in total. The van der Waals surface area contributed by atoms with E-state index in [9.17, 15) is 14.4 Å². The molecular formula is C21H22ClN3O3. The zero-order valence-electron chi connectivity index (χ0n) is 15.8. The number of carbonyl (C=O) groups excluding carboxylic acids is 1. The molecule has 1 amide bonds. The molecule has 1 unspecified atom stereocenters. The van der Waals surface area contributed by atoms with Gasteiger partial charge in [-0.05, 0) is 43.2 Å². The Morgan fingerprint density at radius 3 is 2.36 bits per heavy atom. The standard InChI is InChI=1S/C21H22ClN3O3/c1-3-17(14-9-11-15(22)12-10-14)23-19(26)13-25-18-8-6-5-7-16(18)20(27)24(4-2)21(25)28/h5-12,17H,3-4,13H2,1-2H3,(H,23,26). The second-order valence-electron chi connectivity index (χ2n) is 6.52. The van der Waals surface area contributed by atoms with Crippen molar-refractivity contribution in [3.63, 3.8) is 0 Å². The summed E-state index contributed by atoms with van der Waals surface area (Å²) in [6.45, 7) is 3.78. The number of hydrogen-bond donors (Lipinski definition) is 1. The van der Waals surface area contributed by atoms with Gasteiger partial charge in [0.15, 0.2) is 0 Å². The molecular weight excluding hydrogens is 378 g/mol. The molecule has 3 rings (SSSR count). The predicted octanol–water partition coefficient (Wildman–Crippen LogP) is 3.10.